The van der Waals surface area contributed by atoms with Crippen molar-refractivity contribution in [3.05, 3.63) is 116 Å². The van der Waals surface area contributed by atoms with Crippen LogP contribution in [0.25, 0.3) is 17.4 Å². The normalized spacial score (nSPS) is 11.4. The zero-order valence-electron chi connectivity index (χ0n) is 18.1. The fourth-order valence-electron chi connectivity index (χ4n) is 3.00. The Morgan fingerprint density at radius 3 is 2.43 bits per heavy atom. The van der Waals surface area contributed by atoms with Crippen LogP contribution in [0.1, 0.15) is 21.0 Å². The molecule has 0 aliphatic carbocycles. The Labute approximate surface area is 203 Å². The van der Waals surface area contributed by atoms with E-state index in [1.54, 1.807) is 60.7 Å². The maximum Gasteiger partial charge on any atom is 0.287 e. The molecule has 35 heavy (non-hydrogen) atoms. The number of carbonyl (C=O) groups excluding carboxylic acids is 2. The van der Waals surface area contributed by atoms with Crippen molar-refractivity contribution in [2.45, 2.75) is 0 Å². The third kappa shape index (κ3) is 6.15. The number of amides is 2. The Morgan fingerprint density at radius 1 is 0.971 bits per heavy atom. The molecule has 0 aliphatic heterocycles. The van der Waals surface area contributed by atoms with E-state index in [-0.39, 0.29) is 11.4 Å². The van der Waals surface area contributed by atoms with E-state index in [2.05, 4.69) is 15.8 Å². The van der Waals surface area contributed by atoms with Gasteiger partial charge in [0, 0.05) is 28.1 Å². The van der Waals surface area contributed by atoms with Crippen LogP contribution in [0.4, 0.5) is 5.69 Å². The number of hydrazone groups is 1. The molecule has 4 rings (SSSR count). The van der Waals surface area contributed by atoms with Crippen LogP contribution in [-0.4, -0.2) is 23.0 Å². The molecule has 2 amide bonds. The van der Waals surface area contributed by atoms with Gasteiger partial charge in [0.05, 0.1) is 11.1 Å². The fourth-order valence-corrected chi connectivity index (χ4v) is 3.65. The van der Waals surface area contributed by atoms with Crippen molar-refractivity contribution < 1.29 is 18.9 Å². The van der Waals surface area contributed by atoms with E-state index < -0.39 is 16.7 Å². The predicted octanol–water partition coefficient (Wildman–Crippen LogP) is 4.84. The van der Waals surface area contributed by atoms with Gasteiger partial charge in [-0.25, -0.2) is 5.43 Å². The summed E-state index contributed by atoms with van der Waals surface area (Å²) in [6.07, 6.45) is 2.88. The van der Waals surface area contributed by atoms with E-state index >= 15 is 0 Å². The number of benzene rings is 2. The second kappa shape index (κ2) is 10.9. The number of hydrogen-bond acceptors (Lipinski definition) is 7. The summed E-state index contributed by atoms with van der Waals surface area (Å²) in [5.74, 6) is -0.191. The van der Waals surface area contributed by atoms with Crippen molar-refractivity contribution in [3.8, 4) is 11.3 Å². The van der Waals surface area contributed by atoms with Crippen molar-refractivity contribution >= 4 is 41.1 Å². The summed E-state index contributed by atoms with van der Waals surface area (Å²) in [6.45, 7) is 0. The topological polar surface area (TPSA) is 127 Å². The summed E-state index contributed by atoms with van der Waals surface area (Å²) >= 11 is 1.42. The summed E-state index contributed by atoms with van der Waals surface area (Å²) < 4.78 is 5.67. The minimum absolute atomic E-state index is 0.0180. The van der Waals surface area contributed by atoms with Crippen LogP contribution in [0.15, 0.2) is 99.5 Å². The fraction of sp³-hybridized carbons (Fsp3) is 0. The predicted molar refractivity (Wildman–Crippen MR) is 133 cm³/mol. The lowest BCUT2D eigenvalue weighted by molar-refractivity contribution is -0.384. The van der Waals surface area contributed by atoms with E-state index in [0.29, 0.717) is 22.6 Å². The number of nitrogens with one attached hydrogen (secondary N) is 2. The molecule has 174 valence electrons. The van der Waals surface area contributed by atoms with Crippen molar-refractivity contribution in [1.29, 1.82) is 0 Å². The Kier molecular flexibility index (Phi) is 7.24. The highest BCUT2D eigenvalue weighted by Gasteiger charge is 2.15. The number of nitrogens with zero attached hydrogens (tertiary/aromatic N) is 2. The highest BCUT2D eigenvalue weighted by molar-refractivity contribution is 7.10. The zero-order chi connectivity index (χ0) is 24.6. The van der Waals surface area contributed by atoms with E-state index in [9.17, 15) is 19.7 Å². The van der Waals surface area contributed by atoms with Gasteiger partial charge in [0.15, 0.2) is 0 Å². The molecule has 0 aliphatic rings. The van der Waals surface area contributed by atoms with Gasteiger partial charge in [-0.05, 0) is 53.9 Å². The van der Waals surface area contributed by atoms with Crippen LogP contribution in [-0.2, 0) is 4.79 Å². The lowest BCUT2D eigenvalue weighted by atomic mass is 10.1. The molecule has 0 bridgehead atoms. The molecule has 2 aromatic heterocycles. The first kappa shape index (κ1) is 23.3. The summed E-state index contributed by atoms with van der Waals surface area (Å²) in [5, 5.41) is 19.2. The first-order valence-corrected chi connectivity index (χ1v) is 11.2. The highest BCUT2D eigenvalue weighted by Crippen LogP contribution is 2.24. The number of non-ortho nitro benzene ring substituents is 1. The van der Waals surface area contributed by atoms with E-state index in [0.717, 1.165) is 4.88 Å². The average molecular weight is 487 g/mol. The summed E-state index contributed by atoms with van der Waals surface area (Å²) in [7, 11) is 0. The molecule has 10 heteroatoms. The molecule has 9 nitrogen and oxygen atoms in total. The van der Waals surface area contributed by atoms with Gasteiger partial charge in [-0.2, -0.15) is 5.10 Å². The van der Waals surface area contributed by atoms with Gasteiger partial charge in [-0.15, -0.1) is 11.3 Å². The molecule has 2 heterocycles. The number of thiophene rings is 1. The third-order valence-corrected chi connectivity index (χ3v) is 5.53. The minimum Gasteiger partial charge on any atom is -0.455 e. The lowest BCUT2D eigenvalue weighted by Crippen LogP contribution is -2.32. The van der Waals surface area contributed by atoms with Crippen LogP contribution < -0.4 is 10.7 Å². The zero-order valence-corrected chi connectivity index (χ0v) is 18.9. The molecule has 0 atom stereocenters. The minimum atomic E-state index is -0.610. The van der Waals surface area contributed by atoms with Crippen LogP contribution in [0.5, 0.6) is 0 Å². The highest BCUT2D eigenvalue weighted by atomic mass is 32.1. The molecule has 4 aromatic rings. The smallest absolute Gasteiger partial charge is 0.287 e. The maximum absolute atomic E-state index is 12.8. The Balaban J connectivity index is 1.44. The molecule has 0 saturated carbocycles. The molecule has 0 radical (unpaired) electrons. The second-order valence-electron chi connectivity index (χ2n) is 7.10. The van der Waals surface area contributed by atoms with Gasteiger partial charge in [-0.3, -0.25) is 19.7 Å². The van der Waals surface area contributed by atoms with Crippen LogP contribution in [0, 0.1) is 10.1 Å². The molecule has 2 aromatic carbocycles. The molecule has 2 N–H and O–H groups in total. The van der Waals surface area contributed by atoms with Gasteiger partial charge in [0.25, 0.3) is 17.5 Å². The molecular weight excluding hydrogens is 468 g/mol. The standard InChI is InChI=1S/C25H18N4O5S/c30-24(18-5-2-1-3-6-18)27-22(15-21-7-4-14-35-21)25(31)28-26-16-20-12-13-23(34-20)17-8-10-19(11-9-17)29(32)33/h1-16H,(H,27,30)(H,28,31). The molecule has 0 spiro atoms. The van der Waals surface area contributed by atoms with Gasteiger partial charge < -0.3 is 9.73 Å². The quantitative estimate of drug-likeness (QED) is 0.159. The lowest BCUT2D eigenvalue weighted by Gasteiger charge is -2.08. The van der Waals surface area contributed by atoms with Crippen LogP contribution >= 0.6 is 11.3 Å². The van der Waals surface area contributed by atoms with Crippen molar-refractivity contribution in [2.24, 2.45) is 5.10 Å². The Bertz CT molecular complexity index is 1390. The SMILES string of the molecule is O=C(NN=Cc1ccc(-c2ccc([N+](=O)[O-])cc2)o1)C(=Cc1cccs1)NC(=O)c1ccccc1. The van der Waals surface area contributed by atoms with Gasteiger partial charge in [-0.1, -0.05) is 24.3 Å². The number of hydrogen-bond donors (Lipinski definition) is 2. The average Bonchev–Trinajstić information content (AvgIpc) is 3.56. The summed E-state index contributed by atoms with van der Waals surface area (Å²) in [4.78, 5) is 36.4. The first-order valence-electron chi connectivity index (χ1n) is 10.3. The number of nitro benzene ring substituents is 1. The molecule has 0 fully saturated rings. The van der Waals surface area contributed by atoms with Crippen LogP contribution in [0.3, 0.4) is 0 Å². The third-order valence-electron chi connectivity index (χ3n) is 4.71. The largest absolute Gasteiger partial charge is 0.455 e. The van der Waals surface area contributed by atoms with Gasteiger partial charge in [0.1, 0.15) is 17.2 Å². The number of carbonyl (C=O) groups is 2. The number of furan rings is 1. The Morgan fingerprint density at radius 2 is 1.74 bits per heavy atom. The van der Waals surface area contributed by atoms with Gasteiger partial charge in [0.2, 0.25) is 0 Å². The van der Waals surface area contributed by atoms with Crippen molar-refractivity contribution in [2.75, 3.05) is 0 Å². The molecule has 0 unspecified atom stereocenters. The van der Waals surface area contributed by atoms with Crippen molar-refractivity contribution in [3.63, 3.8) is 0 Å². The van der Waals surface area contributed by atoms with E-state index in [1.165, 1.54) is 29.7 Å². The molecule has 0 saturated heterocycles. The van der Waals surface area contributed by atoms with E-state index in [1.807, 2.05) is 17.5 Å². The summed E-state index contributed by atoms with van der Waals surface area (Å²) in [5.41, 5.74) is 3.47. The molecular formula is C25H18N4O5S. The van der Waals surface area contributed by atoms with Crippen molar-refractivity contribution in [1.82, 2.24) is 10.7 Å². The monoisotopic (exact) mass is 486 g/mol. The number of rotatable bonds is 8. The van der Waals surface area contributed by atoms with Gasteiger partial charge >= 0.3 is 0 Å². The van der Waals surface area contributed by atoms with E-state index in [4.69, 9.17) is 4.42 Å². The Hall–Kier alpha value is -4.83. The second-order valence-corrected chi connectivity index (χ2v) is 8.08. The number of nitro groups is 1. The maximum atomic E-state index is 12.8. The first-order chi connectivity index (χ1) is 17.0. The summed E-state index contributed by atoms with van der Waals surface area (Å²) in [6, 6.07) is 21.5. The van der Waals surface area contributed by atoms with Crippen LogP contribution in [0.2, 0.25) is 0 Å².